The average molecular weight is 204 g/mol. The summed E-state index contributed by atoms with van der Waals surface area (Å²) in [4.78, 5) is 24.0. The molecule has 0 spiro atoms. The number of nitrogens with zero attached hydrogens (tertiary/aromatic N) is 1. The SMILES string of the molecule is CC(=O)N1C(=O)Cc2cc(CN)ccc21. The maximum Gasteiger partial charge on any atom is 0.238 e. The van der Waals surface area contributed by atoms with E-state index in [1.54, 1.807) is 6.07 Å². The average Bonchev–Trinajstić information content (AvgIpc) is 2.52. The molecule has 2 amide bonds. The van der Waals surface area contributed by atoms with Gasteiger partial charge in [-0.2, -0.15) is 0 Å². The van der Waals surface area contributed by atoms with Crippen molar-refractivity contribution in [3.05, 3.63) is 29.3 Å². The van der Waals surface area contributed by atoms with Crippen molar-refractivity contribution in [2.45, 2.75) is 19.9 Å². The third-order valence-electron chi connectivity index (χ3n) is 2.53. The summed E-state index contributed by atoms with van der Waals surface area (Å²) in [6, 6.07) is 5.51. The first kappa shape index (κ1) is 9.86. The lowest BCUT2D eigenvalue weighted by atomic mass is 10.1. The summed E-state index contributed by atoms with van der Waals surface area (Å²) in [5.41, 5.74) is 8.07. The molecule has 0 aromatic heterocycles. The fraction of sp³-hybridized carbons (Fsp3) is 0.273. The molecule has 0 fully saturated rings. The molecule has 0 saturated carbocycles. The van der Waals surface area contributed by atoms with Crippen LogP contribution >= 0.6 is 0 Å². The molecule has 0 bridgehead atoms. The second kappa shape index (κ2) is 3.47. The van der Waals surface area contributed by atoms with Crippen molar-refractivity contribution >= 4 is 17.5 Å². The highest BCUT2D eigenvalue weighted by Crippen LogP contribution is 2.29. The van der Waals surface area contributed by atoms with E-state index >= 15 is 0 Å². The van der Waals surface area contributed by atoms with E-state index in [-0.39, 0.29) is 11.8 Å². The first-order valence-corrected chi connectivity index (χ1v) is 4.79. The molecule has 78 valence electrons. The Balaban J connectivity index is 2.47. The summed E-state index contributed by atoms with van der Waals surface area (Å²) in [7, 11) is 0. The monoisotopic (exact) mass is 204 g/mol. The van der Waals surface area contributed by atoms with Gasteiger partial charge in [0.05, 0.1) is 12.1 Å². The zero-order valence-electron chi connectivity index (χ0n) is 8.49. The molecule has 15 heavy (non-hydrogen) atoms. The first-order valence-electron chi connectivity index (χ1n) is 4.79. The van der Waals surface area contributed by atoms with Crippen LogP contribution < -0.4 is 10.6 Å². The van der Waals surface area contributed by atoms with Crippen molar-refractivity contribution in [3.8, 4) is 0 Å². The van der Waals surface area contributed by atoms with Crippen LogP contribution in [-0.4, -0.2) is 11.8 Å². The van der Waals surface area contributed by atoms with Gasteiger partial charge in [-0.1, -0.05) is 12.1 Å². The van der Waals surface area contributed by atoms with E-state index in [9.17, 15) is 9.59 Å². The lowest BCUT2D eigenvalue weighted by molar-refractivity contribution is -0.124. The van der Waals surface area contributed by atoms with Crippen LogP contribution in [0.2, 0.25) is 0 Å². The standard InChI is InChI=1S/C11H12N2O2/c1-7(14)13-10-3-2-8(6-12)4-9(10)5-11(13)15/h2-4H,5-6,12H2,1H3. The van der Waals surface area contributed by atoms with Crippen molar-refractivity contribution < 1.29 is 9.59 Å². The summed E-state index contributed by atoms with van der Waals surface area (Å²) in [5, 5.41) is 0. The lowest BCUT2D eigenvalue weighted by Crippen LogP contribution is -2.31. The molecule has 1 aromatic rings. The second-order valence-electron chi connectivity index (χ2n) is 3.59. The minimum atomic E-state index is -0.237. The van der Waals surface area contributed by atoms with Gasteiger partial charge in [0.15, 0.2) is 0 Å². The highest BCUT2D eigenvalue weighted by Gasteiger charge is 2.29. The van der Waals surface area contributed by atoms with Crippen molar-refractivity contribution in [3.63, 3.8) is 0 Å². The highest BCUT2D eigenvalue weighted by atomic mass is 16.2. The molecule has 1 aliphatic heterocycles. The van der Waals surface area contributed by atoms with Gasteiger partial charge < -0.3 is 5.73 Å². The number of hydrogen-bond acceptors (Lipinski definition) is 3. The maximum atomic E-state index is 11.5. The molecule has 2 rings (SSSR count). The van der Waals surface area contributed by atoms with Crippen LogP contribution in [0.25, 0.3) is 0 Å². The molecule has 0 radical (unpaired) electrons. The minimum absolute atomic E-state index is 0.160. The van der Waals surface area contributed by atoms with E-state index in [1.807, 2.05) is 12.1 Å². The molecular weight excluding hydrogens is 192 g/mol. The Morgan fingerprint density at radius 3 is 2.87 bits per heavy atom. The summed E-state index contributed by atoms with van der Waals surface area (Å²) < 4.78 is 0. The Bertz CT molecular complexity index is 440. The van der Waals surface area contributed by atoms with Crippen molar-refractivity contribution in [2.24, 2.45) is 5.73 Å². The van der Waals surface area contributed by atoms with Crippen LogP contribution in [0.3, 0.4) is 0 Å². The third-order valence-corrected chi connectivity index (χ3v) is 2.53. The van der Waals surface area contributed by atoms with Gasteiger partial charge in [0.25, 0.3) is 0 Å². The fourth-order valence-electron chi connectivity index (χ4n) is 1.85. The number of amides is 2. The van der Waals surface area contributed by atoms with Gasteiger partial charge in [0.1, 0.15) is 0 Å². The van der Waals surface area contributed by atoms with Gasteiger partial charge in [-0.15, -0.1) is 0 Å². The molecule has 4 nitrogen and oxygen atoms in total. The van der Waals surface area contributed by atoms with E-state index in [0.717, 1.165) is 11.1 Å². The van der Waals surface area contributed by atoms with Crippen molar-refractivity contribution in [2.75, 3.05) is 4.90 Å². The Kier molecular flexibility index (Phi) is 2.28. The summed E-state index contributed by atoms with van der Waals surface area (Å²) in [5.74, 6) is -0.397. The number of carbonyl (C=O) groups excluding carboxylic acids is 2. The molecule has 1 aromatic carbocycles. The number of anilines is 1. The van der Waals surface area contributed by atoms with E-state index in [0.29, 0.717) is 18.7 Å². The van der Waals surface area contributed by atoms with Crippen LogP contribution in [0.4, 0.5) is 5.69 Å². The Morgan fingerprint density at radius 1 is 1.53 bits per heavy atom. The van der Waals surface area contributed by atoms with Crippen LogP contribution in [0.5, 0.6) is 0 Å². The highest BCUT2D eigenvalue weighted by molar-refractivity contribution is 6.18. The number of benzene rings is 1. The molecule has 0 aliphatic carbocycles. The summed E-state index contributed by atoms with van der Waals surface area (Å²) >= 11 is 0. The predicted molar refractivity (Wildman–Crippen MR) is 56.2 cm³/mol. The largest absolute Gasteiger partial charge is 0.326 e. The van der Waals surface area contributed by atoms with Crippen LogP contribution in [0.1, 0.15) is 18.1 Å². The number of fused-ring (bicyclic) bond motifs is 1. The van der Waals surface area contributed by atoms with Gasteiger partial charge in [-0.05, 0) is 17.2 Å². The van der Waals surface area contributed by atoms with Gasteiger partial charge in [0, 0.05) is 13.5 Å². The normalized spacial score (nSPS) is 14.3. The smallest absolute Gasteiger partial charge is 0.238 e. The van der Waals surface area contributed by atoms with Crippen molar-refractivity contribution in [1.29, 1.82) is 0 Å². The molecule has 0 saturated heterocycles. The molecular formula is C11H12N2O2. The van der Waals surface area contributed by atoms with Crippen LogP contribution in [0.15, 0.2) is 18.2 Å². The number of nitrogens with two attached hydrogens (primary N) is 1. The molecule has 1 heterocycles. The van der Waals surface area contributed by atoms with E-state index in [4.69, 9.17) is 5.73 Å². The Morgan fingerprint density at radius 2 is 2.27 bits per heavy atom. The van der Waals surface area contributed by atoms with Gasteiger partial charge >= 0.3 is 0 Å². The Labute approximate surface area is 87.7 Å². The van der Waals surface area contributed by atoms with Crippen LogP contribution in [0, 0.1) is 0 Å². The zero-order chi connectivity index (χ0) is 11.0. The molecule has 0 unspecified atom stereocenters. The topological polar surface area (TPSA) is 63.4 Å². The van der Waals surface area contributed by atoms with Crippen molar-refractivity contribution in [1.82, 2.24) is 0 Å². The molecule has 1 aliphatic rings. The lowest BCUT2D eigenvalue weighted by Gasteiger charge is -2.12. The number of imide groups is 1. The number of rotatable bonds is 1. The second-order valence-corrected chi connectivity index (χ2v) is 3.59. The van der Waals surface area contributed by atoms with E-state index < -0.39 is 0 Å². The van der Waals surface area contributed by atoms with Gasteiger partial charge in [-0.25, -0.2) is 0 Å². The molecule has 2 N–H and O–H groups in total. The summed E-state index contributed by atoms with van der Waals surface area (Å²) in [6.45, 7) is 1.84. The number of hydrogen-bond donors (Lipinski definition) is 1. The van der Waals surface area contributed by atoms with E-state index in [2.05, 4.69) is 0 Å². The third kappa shape index (κ3) is 1.53. The predicted octanol–water partition coefficient (Wildman–Crippen LogP) is 0.581. The quantitative estimate of drug-likeness (QED) is 0.727. The molecule has 4 heteroatoms. The van der Waals surface area contributed by atoms with E-state index in [1.165, 1.54) is 11.8 Å². The Hall–Kier alpha value is -1.68. The fourth-order valence-corrected chi connectivity index (χ4v) is 1.85. The number of carbonyl (C=O) groups is 2. The maximum absolute atomic E-state index is 11.5. The van der Waals surface area contributed by atoms with Gasteiger partial charge in [-0.3, -0.25) is 14.5 Å². The minimum Gasteiger partial charge on any atom is -0.326 e. The zero-order valence-corrected chi connectivity index (χ0v) is 8.49. The van der Waals surface area contributed by atoms with Gasteiger partial charge in [0.2, 0.25) is 11.8 Å². The van der Waals surface area contributed by atoms with Crippen LogP contribution in [-0.2, 0) is 22.6 Å². The first-order chi connectivity index (χ1) is 7.13. The molecule has 0 atom stereocenters. The summed E-state index contributed by atoms with van der Waals surface area (Å²) in [6.07, 6.45) is 0.294.